The van der Waals surface area contributed by atoms with Gasteiger partial charge < -0.3 is 35.2 Å². The van der Waals surface area contributed by atoms with Crippen molar-refractivity contribution in [3.05, 3.63) is 40.8 Å². The van der Waals surface area contributed by atoms with Crippen LogP contribution in [0.15, 0.2) is 34.8 Å². The highest BCUT2D eigenvalue weighted by Gasteiger charge is 2.56. The minimum atomic E-state index is -5.07. The number of nitrogens with two attached hydrogens (primary N) is 1. The van der Waals surface area contributed by atoms with Crippen LogP contribution in [0.1, 0.15) is 11.8 Å². The summed E-state index contributed by atoms with van der Waals surface area (Å²) in [6.45, 7) is -1.70. The minimum Gasteiger partial charge on any atom is -0.397 e. The van der Waals surface area contributed by atoms with Crippen LogP contribution >= 0.6 is 15.6 Å². The van der Waals surface area contributed by atoms with E-state index in [0.29, 0.717) is 11.2 Å². The molecule has 3 saturated heterocycles. The van der Waals surface area contributed by atoms with Crippen molar-refractivity contribution >= 4 is 38.3 Å². The van der Waals surface area contributed by atoms with Crippen molar-refractivity contribution in [1.82, 2.24) is 24.5 Å². The van der Waals surface area contributed by atoms with Crippen molar-refractivity contribution in [2.45, 2.75) is 55.6 Å². The number of pyridine rings is 1. The summed E-state index contributed by atoms with van der Waals surface area (Å²) in [5, 5.41) is 26.3. The van der Waals surface area contributed by atoms with Crippen molar-refractivity contribution in [3.63, 3.8) is 0 Å². The summed E-state index contributed by atoms with van der Waals surface area (Å²) in [4.78, 5) is 48.3. The maximum absolute atomic E-state index is 13.2. The number of phosphoric ester groups is 2. The zero-order valence-corrected chi connectivity index (χ0v) is 24.0. The molecule has 0 spiro atoms. The molecule has 0 saturated carbocycles. The van der Waals surface area contributed by atoms with Crippen LogP contribution < -0.4 is 11.3 Å². The van der Waals surface area contributed by atoms with Gasteiger partial charge in [-0.2, -0.15) is 0 Å². The first-order valence-electron chi connectivity index (χ1n) is 13.0. The molecule has 2 unspecified atom stereocenters. The lowest BCUT2D eigenvalue weighted by Gasteiger charge is -2.24. The second-order valence-corrected chi connectivity index (χ2v) is 13.0. The lowest BCUT2D eigenvalue weighted by atomic mass is 10.1. The predicted molar refractivity (Wildman–Crippen MR) is 139 cm³/mol. The van der Waals surface area contributed by atoms with Gasteiger partial charge in [-0.3, -0.25) is 32.4 Å². The quantitative estimate of drug-likeness (QED) is 0.139. The molecule has 23 heteroatoms. The molecule has 2 bridgehead atoms. The number of hydrogen-bond acceptors (Lipinski definition) is 16. The Morgan fingerprint density at radius 2 is 1.73 bits per heavy atom. The standard InChI is InChI=1S/C21H24N8O13P2/c22-9-1-2-23-18-12(9)26-7-28(18)20-14(31)15-11(40-20)5-38-44(35,36)42-16-13(30)10(4-37-43(33,34)41-15)39-21(16)29-17-8(3-27-29)19(32)25-6-24-17/h1-2,6-7,10-11,13-16,20-21,30-31H,3-5H2,(H4-,22,23,24,25,32,33,34,35,36)/p+1/t10-,11-,13-,14-,15-,16-,20-,21-/m1/s1. The van der Waals surface area contributed by atoms with E-state index in [0.717, 1.165) is 11.0 Å². The van der Waals surface area contributed by atoms with E-state index in [4.69, 9.17) is 33.3 Å². The maximum Gasteiger partial charge on any atom is 0.472 e. The summed E-state index contributed by atoms with van der Waals surface area (Å²) in [6.07, 6.45) is -8.56. The number of ether oxygens (including phenoxy) is 2. The second kappa shape index (κ2) is 10.8. The zero-order chi connectivity index (χ0) is 31.0. The number of H-pyrrole nitrogens is 1. The maximum atomic E-state index is 13.2. The highest BCUT2D eigenvalue weighted by Crippen LogP contribution is 2.53. The third-order valence-corrected chi connectivity index (χ3v) is 9.44. The van der Waals surface area contributed by atoms with Crippen LogP contribution in [0.4, 0.5) is 11.5 Å². The summed E-state index contributed by atoms with van der Waals surface area (Å²) in [6, 6.07) is 1.52. The van der Waals surface area contributed by atoms with Crippen LogP contribution in [-0.2, 0) is 43.2 Å². The fraction of sp³-hybridized carbons (Fsp3) is 0.524. The number of azo groups is 2. The van der Waals surface area contributed by atoms with E-state index in [1.165, 1.54) is 23.2 Å². The number of phosphoric acid groups is 2. The Morgan fingerprint density at radius 3 is 2.50 bits per heavy atom. The molecule has 236 valence electrons. The van der Waals surface area contributed by atoms with Gasteiger partial charge >= 0.3 is 21.5 Å². The van der Waals surface area contributed by atoms with Gasteiger partial charge in [0.15, 0.2) is 18.0 Å². The monoisotopic (exact) mass is 659 g/mol. The lowest BCUT2D eigenvalue weighted by Crippen LogP contribution is -2.39. The Labute approximate surface area is 245 Å². The number of fused-ring (bicyclic) bond motifs is 5. The van der Waals surface area contributed by atoms with Crippen LogP contribution in [0.3, 0.4) is 0 Å². The molecule has 21 nitrogen and oxygen atoms in total. The van der Waals surface area contributed by atoms with E-state index in [2.05, 4.69) is 25.1 Å². The van der Waals surface area contributed by atoms with Gasteiger partial charge in [0.1, 0.15) is 48.1 Å². The molecule has 3 fully saturated rings. The zero-order valence-electron chi connectivity index (χ0n) is 22.2. The highest BCUT2D eigenvalue weighted by atomic mass is 31.2. The average Bonchev–Trinajstić information content (AvgIpc) is 3.73. The molecule has 10 atom stereocenters. The van der Waals surface area contributed by atoms with Gasteiger partial charge in [0.25, 0.3) is 11.8 Å². The summed E-state index contributed by atoms with van der Waals surface area (Å²) in [7, 11) is -10.1. The summed E-state index contributed by atoms with van der Waals surface area (Å²) < 4.78 is 61.1. The SMILES string of the molecule is Nc1ccnc2c1ncn2[C@@H]1O[C@@H]2COP(=O)(O)O[C@@H]3[C@H](O)[C@@H](COP(=O)(O)O[C@H]2[C@H]1O)O[C@H]3[N+]1=NCc2c1nc[nH]c2=O. The Bertz CT molecular complexity index is 1800. The van der Waals surface area contributed by atoms with Crippen molar-refractivity contribution in [1.29, 1.82) is 0 Å². The van der Waals surface area contributed by atoms with Crippen LogP contribution in [0.5, 0.6) is 0 Å². The molecule has 7 heterocycles. The third kappa shape index (κ3) is 5.10. The van der Waals surface area contributed by atoms with E-state index < -0.39 is 83.5 Å². The van der Waals surface area contributed by atoms with Gasteiger partial charge in [-0.15, -0.1) is 9.81 Å². The number of aromatic nitrogens is 5. The van der Waals surface area contributed by atoms with Crippen LogP contribution in [0.25, 0.3) is 11.2 Å². The first-order chi connectivity index (χ1) is 20.9. The smallest absolute Gasteiger partial charge is 0.397 e. The molecule has 0 aromatic carbocycles. The van der Waals surface area contributed by atoms with Crippen LogP contribution in [0.2, 0.25) is 0 Å². The van der Waals surface area contributed by atoms with E-state index in [1.807, 2.05) is 0 Å². The first kappa shape index (κ1) is 29.7. The molecule has 3 aromatic rings. The molecule has 44 heavy (non-hydrogen) atoms. The van der Waals surface area contributed by atoms with E-state index >= 15 is 0 Å². The lowest BCUT2D eigenvalue weighted by molar-refractivity contribution is -0.604. The predicted octanol–water partition coefficient (Wildman–Crippen LogP) is -1.23. The Hall–Kier alpha value is -3.04. The molecular weight excluding hydrogens is 634 g/mol. The van der Waals surface area contributed by atoms with Gasteiger partial charge in [-0.1, -0.05) is 0 Å². The molecule has 7 rings (SSSR count). The summed E-state index contributed by atoms with van der Waals surface area (Å²) in [5.74, 6) is 0.0394. The van der Waals surface area contributed by atoms with Gasteiger partial charge in [-0.05, 0) is 11.1 Å². The van der Waals surface area contributed by atoms with Crippen LogP contribution in [-0.4, -0.2) is 105 Å². The van der Waals surface area contributed by atoms with Gasteiger partial charge in [-0.25, -0.2) is 19.1 Å². The molecule has 0 aliphatic carbocycles. The number of nitrogens with one attached hydrogen (secondary N) is 1. The number of nitrogen functional groups attached to an aromatic ring is 1. The topological polar surface area (TPSA) is 288 Å². The Kier molecular flexibility index (Phi) is 7.28. The van der Waals surface area contributed by atoms with Crippen molar-refractivity contribution < 1.29 is 61.4 Å². The molecule has 4 aliphatic heterocycles. The number of hydrogen-bond donors (Lipinski definition) is 6. The number of rotatable bonds is 2. The van der Waals surface area contributed by atoms with E-state index in [1.54, 1.807) is 0 Å². The number of aliphatic hydroxyl groups is 2. The van der Waals surface area contributed by atoms with E-state index in [-0.39, 0.29) is 23.6 Å². The average molecular weight is 659 g/mol. The normalized spacial score (nSPS) is 39.2. The molecule has 3 aromatic heterocycles. The van der Waals surface area contributed by atoms with Crippen molar-refractivity contribution in [2.24, 2.45) is 5.11 Å². The Balaban J connectivity index is 1.19. The molecular formula is C21H25N8O13P2+. The fourth-order valence-corrected chi connectivity index (χ4v) is 7.29. The van der Waals surface area contributed by atoms with Crippen molar-refractivity contribution in [3.8, 4) is 0 Å². The number of aliphatic hydroxyl groups excluding tert-OH is 2. The first-order valence-corrected chi connectivity index (χ1v) is 16.0. The molecule has 4 aliphatic rings. The second-order valence-electron chi connectivity index (χ2n) is 10.2. The van der Waals surface area contributed by atoms with E-state index in [9.17, 15) is 33.9 Å². The molecule has 7 N–H and O–H groups in total. The van der Waals surface area contributed by atoms with Crippen LogP contribution in [0, 0.1) is 0 Å². The number of imidazole rings is 1. The Morgan fingerprint density at radius 1 is 1.00 bits per heavy atom. The van der Waals surface area contributed by atoms with Crippen molar-refractivity contribution in [2.75, 3.05) is 18.9 Å². The number of aromatic amines is 1. The van der Waals surface area contributed by atoms with Gasteiger partial charge in [0.05, 0.1) is 25.2 Å². The summed E-state index contributed by atoms with van der Waals surface area (Å²) in [5.41, 5.74) is 6.42. The number of anilines is 1. The largest absolute Gasteiger partial charge is 0.472 e. The molecule has 0 amide bonds. The van der Waals surface area contributed by atoms with Gasteiger partial charge in [0.2, 0.25) is 6.33 Å². The highest BCUT2D eigenvalue weighted by molar-refractivity contribution is 7.47. The molecule has 0 radical (unpaired) electrons. The summed E-state index contributed by atoms with van der Waals surface area (Å²) >= 11 is 0. The third-order valence-electron chi connectivity index (χ3n) is 7.47. The number of nitrogens with zero attached hydrogens (tertiary/aromatic N) is 6. The van der Waals surface area contributed by atoms with Gasteiger partial charge in [0, 0.05) is 6.20 Å². The minimum absolute atomic E-state index is 0.0394. The fourth-order valence-electron chi connectivity index (χ4n) is 5.40.